The summed E-state index contributed by atoms with van der Waals surface area (Å²) in [5.41, 5.74) is 2.20. The van der Waals surface area contributed by atoms with Crippen LogP contribution < -0.4 is 5.32 Å². The normalized spacial score (nSPS) is 15.0. The van der Waals surface area contributed by atoms with E-state index in [1.165, 1.54) is 16.0 Å². The molecule has 0 fully saturated rings. The molecule has 9 nitrogen and oxygen atoms in total. The summed E-state index contributed by atoms with van der Waals surface area (Å²) in [7, 11) is 0. The van der Waals surface area contributed by atoms with Crippen LogP contribution >= 0.6 is 11.3 Å². The molecule has 1 aromatic carbocycles. The molecule has 0 saturated heterocycles. The van der Waals surface area contributed by atoms with E-state index in [0.717, 1.165) is 41.3 Å². The van der Waals surface area contributed by atoms with Crippen molar-refractivity contribution in [3.63, 3.8) is 0 Å². The summed E-state index contributed by atoms with van der Waals surface area (Å²) in [5, 5.41) is 18.5. The van der Waals surface area contributed by atoms with Crippen molar-refractivity contribution >= 4 is 34.0 Å². The zero-order valence-electron chi connectivity index (χ0n) is 18.4. The minimum absolute atomic E-state index is 0.0418. The van der Waals surface area contributed by atoms with Gasteiger partial charge in [0.1, 0.15) is 5.00 Å². The van der Waals surface area contributed by atoms with Crippen LogP contribution in [0.4, 0.5) is 10.8 Å². The molecule has 1 unspecified atom stereocenters. The first-order valence-corrected chi connectivity index (χ1v) is 11.6. The lowest BCUT2D eigenvalue weighted by molar-refractivity contribution is -0.389. The van der Waals surface area contributed by atoms with Gasteiger partial charge in [0.25, 0.3) is 5.91 Å². The number of esters is 1. The maximum absolute atomic E-state index is 13.2. The number of hydrogen-bond donors (Lipinski definition) is 1. The first kappa shape index (κ1) is 22.7. The van der Waals surface area contributed by atoms with Crippen LogP contribution in [-0.4, -0.2) is 33.2 Å². The molecule has 1 atom stereocenters. The molecule has 1 aliphatic rings. The van der Waals surface area contributed by atoms with Gasteiger partial charge in [-0.05, 0) is 48.2 Å². The number of rotatable bonds is 7. The Morgan fingerprint density at radius 2 is 2.09 bits per heavy atom. The molecule has 3 aromatic rings. The molecule has 0 aliphatic heterocycles. The van der Waals surface area contributed by atoms with E-state index in [1.807, 2.05) is 30.3 Å². The number of benzene rings is 1. The number of anilines is 1. The Morgan fingerprint density at radius 3 is 2.79 bits per heavy atom. The fourth-order valence-electron chi connectivity index (χ4n) is 3.98. The largest absolute Gasteiger partial charge is 0.462 e. The van der Waals surface area contributed by atoms with Crippen LogP contribution in [-0.2, 0) is 24.1 Å². The third kappa shape index (κ3) is 4.80. The summed E-state index contributed by atoms with van der Waals surface area (Å²) < 4.78 is 6.56. The molecule has 1 N–H and O–H groups in total. The highest BCUT2D eigenvalue weighted by Crippen LogP contribution is 2.40. The number of hydrogen-bond acceptors (Lipinski definition) is 7. The first-order valence-electron chi connectivity index (χ1n) is 10.8. The predicted octanol–water partition coefficient (Wildman–Crippen LogP) is 4.45. The number of ether oxygens (including phenoxy) is 1. The van der Waals surface area contributed by atoms with Crippen LogP contribution in [0.2, 0.25) is 0 Å². The molecule has 1 aliphatic carbocycles. The summed E-state index contributed by atoms with van der Waals surface area (Å²) in [5.74, 6) is -0.960. The number of nitrogens with zero attached hydrogens (tertiary/aromatic N) is 3. The highest BCUT2D eigenvalue weighted by molar-refractivity contribution is 7.17. The minimum Gasteiger partial charge on any atom is -0.462 e. The zero-order valence-corrected chi connectivity index (χ0v) is 19.2. The number of amides is 1. The summed E-state index contributed by atoms with van der Waals surface area (Å²) in [4.78, 5) is 37.7. The second kappa shape index (κ2) is 9.53. The van der Waals surface area contributed by atoms with Gasteiger partial charge in [-0.2, -0.15) is 4.68 Å². The van der Waals surface area contributed by atoms with E-state index in [2.05, 4.69) is 17.3 Å². The van der Waals surface area contributed by atoms with E-state index in [1.54, 1.807) is 6.92 Å². The molecular formula is C23H24N4O5S. The van der Waals surface area contributed by atoms with Crippen molar-refractivity contribution in [2.75, 3.05) is 11.9 Å². The third-order valence-corrected chi connectivity index (χ3v) is 6.75. The summed E-state index contributed by atoms with van der Waals surface area (Å²) in [6.45, 7) is 4.31. The Labute approximate surface area is 194 Å². The Hall–Kier alpha value is -3.53. The Bertz CT molecular complexity index is 1200. The molecule has 0 saturated carbocycles. The van der Waals surface area contributed by atoms with Gasteiger partial charge in [0.05, 0.1) is 29.9 Å². The van der Waals surface area contributed by atoms with Gasteiger partial charge >= 0.3 is 11.8 Å². The lowest BCUT2D eigenvalue weighted by Crippen LogP contribution is -2.20. The van der Waals surface area contributed by atoms with Crippen LogP contribution in [0.25, 0.3) is 0 Å². The van der Waals surface area contributed by atoms with Gasteiger partial charge in [-0.3, -0.25) is 4.79 Å². The van der Waals surface area contributed by atoms with Crippen molar-refractivity contribution in [1.82, 2.24) is 9.78 Å². The molecule has 0 spiro atoms. The number of carbonyl (C=O) groups is 2. The van der Waals surface area contributed by atoms with E-state index in [4.69, 9.17) is 4.74 Å². The number of carbonyl (C=O) groups excluding carboxylic acids is 2. The van der Waals surface area contributed by atoms with Crippen LogP contribution in [0.15, 0.2) is 36.4 Å². The van der Waals surface area contributed by atoms with E-state index >= 15 is 0 Å². The van der Waals surface area contributed by atoms with E-state index in [-0.39, 0.29) is 18.8 Å². The quantitative estimate of drug-likeness (QED) is 0.311. The summed E-state index contributed by atoms with van der Waals surface area (Å²) in [6, 6.07) is 10.4. The Kier molecular flexibility index (Phi) is 6.55. The number of aromatic nitrogens is 2. The highest BCUT2D eigenvalue weighted by Gasteiger charge is 2.31. The van der Waals surface area contributed by atoms with Crippen molar-refractivity contribution < 1.29 is 19.2 Å². The van der Waals surface area contributed by atoms with Gasteiger partial charge in [0.15, 0.2) is 5.69 Å². The van der Waals surface area contributed by atoms with Crippen LogP contribution in [0.1, 0.15) is 57.1 Å². The van der Waals surface area contributed by atoms with Gasteiger partial charge in [-0.25, -0.2) is 4.79 Å². The first-order chi connectivity index (χ1) is 15.9. The summed E-state index contributed by atoms with van der Waals surface area (Å²) >= 11 is 1.37. The molecule has 2 aromatic heterocycles. The maximum atomic E-state index is 13.2. The number of fused-ring (bicyclic) bond motifs is 1. The molecule has 4 rings (SSSR count). The Balaban J connectivity index is 1.68. The van der Waals surface area contributed by atoms with Crippen molar-refractivity contribution in [1.29, 1.82) is 0 Å². The number of thiophene rings is 1. The van der Waals surface area contributed by atoms with Gasteiger partial charge in [0, 0.05) is 4.88 Å². The third-order valence-electron chi connectivity index (χ3n) is 5.58. The van der Waals surface area contributed by atoms with E-state index in [9.17, 15) is 19.7 Å². The SMILES string of the molecule is CCOC(=O)c1c(NC(=O)c2cc([N+](=O)[O-])nn2Cc2ccccc2)sc2c1CCC(C)C2. The standard InChI is InChI=1S/C23H24N4O5S/c1-3-32-23(29)20-16-10-9-14(2)11-18(16)33-22(20)24-21(28)17-12-19(27(30)31)25-26(17)13-15-7-5-4-6-8-15/h4-8,12,14H,3,9-11,13H2,1-2H3,(H,24,28). The Morgan fingerprint density at radius 1 is 1.33 bits per heavy atom. The maximum Gasteiger partial charge on any atom is 0.390 e. The van der Waals surface area contributed by atoms with E-state index in [0.29, 0.717) is 16.5 Å². The molecule has 0 radical (unpaired) electrons. The van der Waals surface area contributed by atoms with Gasteiger partial charge < -0.3 is 20.2 Å². The second-order valence-corrected chi connectivity index (χ2v) is 9.12. The molecular weight excluding hydrogens is 444 g/mol. The smallest absolute Gasteiger partial charge is 0.390 e. The average molecular weight is 469 g/mol. The average Bonchev–Trinajstić information content (AvgIpc) is 3.35. The lowest BCUT2D eigenvalue weighted by atomic mass is 9.88. The molecule has 2 heterocycles. The molecule has 0 bridgehead atoms. The van der Waals surface area contributed by atoms with Gasteiger partial charge in [0.2, 0.25) is 0 Å². The number of nitro groups is 1. The summed E-state index contributed by atoms with van der Waals surface area (Å²) in [6.07, 6.45) is 2.54. The second-order valence-electron chi connectivity index (χ2n) is 8.02. The van der Waals surface area contributed by atoms with Crippen LogP contribution in [0.3, 0.4) is 0 Å². The monoisotopic (exact) mass is 468 g/mol. The van der Waals surface area contributed by atoms with Crippen molar-refractivity contribution in [2.45, 2.75) is 39.7 Å². The molecule has 172 valence electrons. The van der Waals surface area contributed by atoms with Crippen molar-refractivity contribution in [3.05, 3.63) is 73.8 Å². The van der Waals surface area contributed by atoms with Crippen molar-refractivity contribution in [3.8, 4) is 0 Å². The minimum atomic E-state index is -0.631. The topological polar surface area (TPSA) is 116 Å². The van der Waals surface area contributed by atoms with Crippen molar-refractivity contribution in [2.24, 2.45) is 5.92 Å². The fourth-order valence-corrected chi connectivity index (χ4v) is 5.37. The lowest BCUT2D eigenvalue weighted by Gasteiger charge is -2.18. The molecule has 1 amide bonds. The molecule has 33 heavy (non-hydrogen) atoms. The van der Waals surface area contributed by atoms with Gasteiger partial charge in [-0.1, -0.05) is 37.3 Å². The highest BCUT2D eigenvalue weighted by atomic mass is 32.1. The molecule has 10 heteroatoms. The van der Waals surface area contributed by atoms with Crippen LogP contribution in [0.5, 0.6) is 0 Å². The fraction of sp³-hybridized carbons (Fsp3) is 0.348. The number of nitrogens with one attached hydrogen (secondary N) is 1. The van der Waals surface area contributed by atoms with Gasteiger partial charge in [-0.15, -0.1) is 11.3 Å². The van der Waals surface area contributed by atoms with Crippen LogP contribution in [0, 0.1) is 16.0 Å². The predicted molar refractivity (Wildman–Crippen MR) is 124 cm³/mol. The van der Waals surface area contributed by atoms with E-state index < -0.39 is 22.6 Å². The zero-order chi connectivity index (χ0) is 23.5.